The van der Waals surface area contributed by atoms with Gasteiger partial charge in [-0.3, -0.25) is 4.79 Å². The van der Waals surface area contributed by atoms with Crippen molar-refractivity contribution in [2.75, 3.05) is 7.11 Å². The Kier molecular flexibility index (Phi) is 4.78. The number of aromatic nitrogens is 1. The van der Waals surface area contributed by atoms with Crippen molar-refractivity contribution in [3.63, 3.8) is 0 Å². The maximum atomic E-state index is 12.4. The Morgan fingerprint density at radius 1 is 1.42 bits per heavy atom. The standard InChI is InChI=1S/C17H14BrClN2O3/c1-9(21-17(22)12-7-11(18)8-20-16(12)19)14-6-10-4-3-5-13(23-2)15(10)24-14/h3-9H,1-2H3,(H,21,22)/t9-/m1/s1. The molecule has 0 unspecified atom stereocenters. The Hall–Kier alpha value is -2.05. The quantitative estimate of drug-likeness (QED) is 0.632. The highest BCUT2D eigenvalue weighted by molar-refractivity contribution is 9.10. The molecule has 0 aliphatic carbocycles. The normalized spacial score (nSPS) is 12.2. The van der Waals surface area contributed by atoms with Crippen LogP contribution in [-0.2, 0) is 0 Å². The van der Waals surface area contributed by atoms with Crippen molar-refractivity contribution in [1.29, 1.82) is 0 Å². The van der Waals surface area contributed by atoms with E-state index in [2.05, 4.69) is 26.2 Å². The number of hydrogen-bond acceptors (Lipinski definition) is 4. The molecule has 3 rings (SSSR count). The van der Waals surface area contributed by atoms with E-state index in [0.29, 0.717) is 27.1 Å². The molecule has 0 radical (unpaired) electrons. The van der Waals surface area contributed by atoms with Crippen LogP contribution in [-0.4, -0.2) is 18.0 Å². The summed E-state index contributed by atoms with van der Waals surface area (Å²) in [4.78, 5) is 16.4. The molecule has 0 aliphatic heterocycles. The number of methoxy groups -OCH3 is 1. The number of fused-ring (bicyclic) bond motifs is 1. The number of benzene rings is 1. The van der Waals surface area contributed by atoms with E-state index in [4.69, 9.17) is 20.8 Å². The van der Waals surface area contributed by atoms with E-state index in [1.807, 2.05) is 31.2 Å². The monoisotopic (exact) mass is 408 g/mol. The second-order valence-corrected chi connectivity index (χ2v) is 6.49. The Balaban J connectivity index is 1.85. The maximum Gasteiger partial charge on any atom is 0.255 e. The van der Waals surface area contributed by atoms with Crippen LogP contribution in [0.1, 0.15) is 29.1 Å². The van der Waals surface area contributed by atoms with Gasteiger partial charge in [-0.15, -0.1) is 0 Å². The lowest BCUT2D eigenvalue weighted by atomic mass is 10.2. The minimum absolute atomic E-state index is 0.147. The van der Waals surface area contributed by atoms with Gasteiger partial charge in [0.1, 0.15) is 10.9 Å². The SMILES string of the molecule is COc1cccc2cc([C@@H](C)NC(=O)c3cc(Br)cnc3Cl)oc12. The summed E-state index contributed by atoms with van der Waals surface area (Å²) in [6.45, 7) is 1.83. The molecule has 0 saturated carbocycles. The maximum absolute atomic E-state index is 12.4. The number of nitrogens with zero attached hydrogens (tertiary/aromatic N) is 1. The van der Waals surface area contributed by atoms with Gasteiger partial charge in [-0.1, -0.05) is 23.7 Å². The van der Waals surface area contributed by atoms with Gasteiger partial charge in [0.25, 0.3) is 5.91 Å². The van der Waals surface area contributed by atoms with Crippen LogP contribution >= 0.6 is 27.5 Å². The van der Waals surface area contributed by atoms with Gasteiger partial charge in [0.15, 0.2) is 11.3 Å². The molecule has 1 amide bonds. The molecule has 7 heteroatoms. The number of nitrogens with one attached hydrogen (secondary N) is 1. The van der Waals surface area contributed by atoms with E-state index >= 15 is 0 Å². The zero-order chi connectivity index (χ0) is 17.3. The molecule has 24 heavy (non-hydrogen) atoms. The van der Waals surface area contributed by atoms with Crippen LogP contribution in [0, 0.1) is 0 Å². The first-order valence-electron chi connectivity index (χ1n) is 7.18. The predicted molar refractivity (Wildman–Crippen MR) is 95.6 cm³/mol. The van der Waals surface area contributed by atoms with Gasteiger partial charge < -0.3 is 14.5 Å². The first-order valence-corrected chi connectivity index (χ1v) is 8.35. The molecule has 124 valence electrons. The average Bonchev–Trinajstić information content (AvgIpc) is 3.01. The van der Waals surface area contributed by atoms with E-state index in [9.17, 15) is 4.79 Å². The fourth-order valence-corrected chi connectivity index (χ4v) is 2.88. The van der Waals surface area contributed by atoms with Crippen LogP contribution in [0.4, 0.5) is 0 Å². The lowest BCUT2D eigenvalue weighted by Crippen LogP contribution is -2.26. The molecule has 0 saturated heterocycles. The van der Waals surface area contributed by atoms with Crippen LogP contribution in [0.15, 0.2) is 45.4 Å². The van der Waals surface area contributed by atoms with Gasteiger partial charge in [-0.25, -0.2) is 4.98 Å². The first-order chi connectivity index (χ1) is 11.5. The van der Waals surface area contributed by atoms with Crippen LogP contribution in [0.2, 0.25) is 5.15 Å². The molecule has 2 aromatic heterocycles. The molecule has 1 atom stereocenters. The number of carbonyl (C=O) groups excluding carboxylic acids is 1. The van der Waals surface area contributed by atoms with Crippen molar-refractivity contribution in [2.24, 2.45) is 0 Å². The largest absolute Gasteiger partial charge is 0.493 e. The van der Waals surface area contributed by atoms with E-state index in [1.165, 1.54) is 6.20 Å². The third-order valence-corrected chi connectivity index (χ3v) is 4.31. The fraction of sp³-hybridized carbons (Fsp3) is 0.176. The van der Waals surface area contributed by atoms with Gasteiger partial charge in [0.05, 0.1) is 18.7 Å². The molecule has 3 aromatic rings. The summed E-state index contributed by atoms with van der Waals surface area (Å²) >= 11 is 9.27. The molecule has 1 N–H and O–H groups in total. The molecule has 5 nitrogen and oxygen atoms in total. The molecule has 0 fully saturated rings. The van der Waals surface area contributed by atoms with Crippen LogP contribution in [0.25, 0.3) is 11.0 Å². The zero-order valence-electron chi connectivity index (χ0n) is 13.0. The summed E-state index contributed by atoms with van der Waals surface area (Å²) in [5, 5.41) is 3.92. The van der Waals surface area contributed by atoms with Gasteiger partial charge in [-0.05, 0) is 41.1 Å². The van der Waals surface area contributed by atoms with Gasteiger partial charge in [0.2, 0.25) is 0 Å². The van der Waals surface area contributed by atoms with Gasteiger partial charge in [0, 0.05) is 16.1 Å². The van der Waals surface area contributed by atoms with Crippen molar-refractivity contribution in [3.05, 3.63) is 57.5 Å². The summed E-state index contributed by atoms with van der Waals surface area (Å²) in [7, 11) is 1.59. The van der Waals surface area contributed by atoms with E-state index in [1.54, 1.807) is 13.2 Å². The highest BCUT2D eigenvalue weighted by Gasteiger charge is 2.19. The highest BCUT2D eigenvalue weighted by Crippen LogP contribution is 2.31. The summed E-state index contributed by atoms with van der Waals surface area (Å²) in [6, 6.07) is 8.80. The summed E-state index contributed by atoms with van der Waals surface area (Å²) < 4.78 is 11.8. The Morgan fingerprint density at radius 3 is 2.96 bits per heavy atom. The summed E-state index contributed by atoms with van der Waals surface area (Å²) in [5.74, 6) is 0.951. The molecule has 0 spiro atoms. The third kappa shape index (κ3) is 3.25. The number of amides is 1. The number of pyridine rings is 1. The second kappa shape index (κ2) is 6.83. The van der Waals surface area contributed by atoms with Gasteiger partial charge in [-0.2, -0.15) is 0 Å². The van der Waals surface area contributed by atoms with Crippen molar-refractivity contribution >= 4 is 44.4 Å². The number of para-hydroxylation sites is 1. The number of carbonyl (C=O) groups is 1. The van der Waals surface area contributed by atoms with Crippen molar-refractivity contribution in [1.82, 2.24) is 10.3 Å². The molecule has 1 aromatic carbocycles. The Morgan fingerprint density at radius 2 is 2.21 bits per heavy atom. The Labute approximate surface area is 152 Å². The van der Waals surface area contributed by atoms with Crippen molar-refractivity contribution in [3.8, 4) is 5.75 Å². The lowest BCUT2D eigenvalue weighted by Gasteiger charge is -2.12. The van der Waals surface area contributed by atoms with Crippen LogP contribution < -0.4 is 10.1 Å². The lowest BCUT2D eigenvalue weighted by molar-refractivity contribution is 0.0935. The highest BCUT2D eigenvalue weighted by atomic mass is 79.9. The molecule has 0 aliphatic rings. The summed E-state index contributed by atoms with van der Waals surface area (Å²) in [5.41, 5.74) is 0.949. The number of ether oxygens (including phenoxy) is 1. The Bertz CT molecular complexity index is 910. The summed E-state index contributed by atoms with van der Waals surface area (Å²) in [6.07, 6.45) is 1.54. The second-order valence-electron chi connectivity index (χ2n) is 5.21. The van der Waals surface area contributed by atoms with Crippen LogP contribution in [0.3, 0.4) is 0 Å². The molecule has 2 heterocycles. The number of hydrogen-bond donors (Lipinski definition) is 1. The molecular formula is C17H14BrClN2O3. The van der Waals surface area contributed by atoms with E-state index < -0.39 is 0 Å². The smallest absolute Gasteiger partial charge is 0.255 e. The number of halogens is 2. The van der Waals surface area contributed by atoms with Crippen LogP contribution in [0.5, 0.6) is 5.75 Å². The minimum atomic E-state index is -0.343. The zero-order valence-corrected chi connectivity index (χ0v) is 15.3. The fourth-order valence-electron chi connectivity index (χ4n) is 2.36. The van der Waals surface area contributed by atoms with E-state index in [-0.39, 0.29) is 17.1 Å². The topological polar surface area (TPSA) is 64.4 Å². The number of furan rings is 1. The third-order valence-electron chi connectivity index (χ3n) is 3.57. The van der Waals surface area contributed by atoms with Crippen molar-refractivity contribution < 1.29 is 13.9 Å². The van der Waals surface area contributed by atoms with E-state index in [0.717, 1.165) is 5.39 Å². The van der Waals surface area contributed by atoms with Crippen molar-refractivity contribution in [2.45, 2.75) is 13.0 Å². The number of rotatable bonds is 4. The van der Waals surface area contributed by atoms with Gasteiger partial charge >= 0.3 is 0 Å². The molecular weight excluding hydrogens is 396 g/mol. The average molecular weight is 410 g/mol. The minimum Gasteiger partial charge on any atom is -0.493 e. The predicted octanol–water partition coefficient (Wildman–Crippen LogP) is 4.74. The molecule has 0 bridgehead atoms. The first kappa shape index (κ1) is 16.8.